The smallest absolute Gasteiger partial charge is 0.269 e. The Labute approximate surface area is 183 Å². The van der Waals surface area contributed by atoms with Crippen LogP contribution < -0.4 is 15.6 Å². The van der Waals surface area contributed by atoms with Crippen molar-refractivity contribution >= 4 is 32.7 Å². The van der Waals surface area contributed by atoms with E-state index in [1.165, 1.54) is 29.9 Å². The maximum Gasteiger partial charge on any atom is 0.269 e. The number of pyridine rings is 1. The lowest BCUT2D eigenvalue weighted by molar-refractivity contribution is 0.149. The number of alkyl halides is 2. The summed E-state index contributed by atoms with van der Waals surface area (Å²) in [5.41, 5.74) is 0.258. The molecule has 2 aromatic heterocycles. The zero-order valence-corrected chi connectivity index (χ0v) is 18.4. The summed E-state index contributed by atoms with van der Waals surface area (Å²) < 4.78 is 54.6. The normalized spacial score (nSPS) is 15.0. The highest BCUT2D eigenvalue weighted by Crippen LogP contribution is 2.32. The molecule has 2 heterocycles. The molecule has 1 aliphatic rings. The second kappa shape index (κ2) is 8.55. The van der Waals surface area contributed by atoms with Crippen molar-refractivity contribution in [3.05, 3.63) is 51.9 Å². The Balaban J connectivity index is 1.78. The van der Waals surface area contributed by atoms with Gasteiger partial charge in [-0.05, 0) is 56.6 Å². The van der Waals surface area contributed by atoms with Gasteiger partial charge in [0.1, 0.15) is 5.65 Å². The number of benzene rings is 1. The molecule has 0 saturated heterocycles. The molecular weight excluding hydrogens is 440 g/mol. The van der Waals surface area contributed by atoms with Crippen molar-refractivity contribution < 1.29 is 17.2 Å². The average Bonchev–Trinajstić information content (AvgIpc) is 3.28. The standard InChI is InChI=1S/C21H23F2N5O3S/c1-12-9-15(32(30,31)24-2)7-8-17(12)26-21-25-11-13-10-16(18(22)23)20(29)28(19(13)27-21)14-5-3-4-6-14/h7-11,14,18,24H,3-6H2,1-2H3,(H,25,26,27). The van der Waals surface area contributed by atoms with Crippen LogP contribution in [0.5, 0.6) is 0 Å². The molecule has 0 amide bonds. The van der Waals surface area contributed by atoms with E-state index in [1.54, 1.807) is 13.0 Å². The number of nitrogens with zero attached hydrogens (tertiary/aromatic N) is 3. The quantitative estimate of drug-likeness (QED) is 0.576. The van der Waals surface area contributed by atoms with Gasteiger partial charge in [0.15, 0.2) is 0 Å². The van der Waals surface area contributed by atoms with Crippen LogP contribution in [0, 0.1) is 6.92 Å². The molecule has 1 saturated carbocycles. The average molecular weight is 464 g/mol. The van der Waals surface area contributed by atoms with E-state index in [1.807, 2.05) is 0 Å². The molecule has 0 bridgehead atoms. The van der Waals surface area contributed by atoms with E-state index in [-0.39, 0.29) is 16.9 Å². The third-order valence-electron chi connectivity index (χ3n) is 5.75. The van der Waals surface area contributed by atoms with Crippen molar-refractivity contribution in [2.24, 2.45) is 0 Å². The predicted molar refractivity (Wildman–Crippen MR) is 117 cm³/mol. The van der Waals surface area contributed by atoms with E-state index >= 15 is 0 Å². The van der Waals surface area contributed by atoms with Crippen molar-refractivity contribution in [2.45, 2.75) is 50.0 Å². The lowest BCUT2D eigenvalue weighted by atomic mass is 10.1. The number of hydrogen-bond acceptors (Lipinski definition) is 6. The van der Waals surface area contributed by atoms with Crippen LogP contribution in [0.4, 0.5) is 20.4 Å². The number of aryl methyl sites for hydroxylation is 1. The van der Waals surface area contributed by atoms with Crippen LogP contribution in [0.15, 0.2) is 40.2 Å². The molecule has 1 fully saturated rings. The van der Waals surface area contributed by atoms with E-state index in [2.05, 4.69) is 20.0 Å². The Morgan fingerprint density at radius 1 is 1.19 bits per heavy atom. The van der Waals surface area contributed by atoms with Crippen LogP contribution in [0.25, 0.3) is 11.0 Å². The van der Waals surface area contributed by atoms with Gasteiger partial charge in [-0.2, -0.15) is 4.98 Å². The number of halogens is 2. The number of sulfonamides is 1. The predicted octanol–water partition coefficient (Wildman–Crippen LogP) is 3.80. The number of rotatable bonds is 6. The highest BCUT2D eigenvalue weighted by Gasteiger charge is 2.25. The van der Waals surface area contributed by atoms with Crippen molar-refractivity contribution in [2.75, 3.05) is 12.4 Å². The summed E-state index contributed by atoms with van der Waals surface area (Å²) in [6, 6.07) is 5.53. The Morgan fingerprint density at radius 3 is 2.53 bits per heavy atom. The summed E-state index contributed by atoms with van der Waals surface area (Å²) in [4.78, 5) is 21.6. The SMILES string of the molecule is CNS(=O)(=O)c1ccc(Nc2ncc3cc(C(F)F)c(=O)n(C4CCCC4)c3n2)c(C)c1. The van der Waals surface area contributed by atoms with Gasteiger partial charge >= 0.3 is 0 Å². The van der Waals surface area contributed by atoms with Gasteiger partial charge in [0.2, 0.25) is 16.0 Å². The molecule has 1 aliphatic carbocycles. The Morgan fingerprint density at radius 2 is 1.91 bits per heavy atom. The molecule has 4 rings (SSSR count). The van der Waals surface area contributed by atoms with Gasteiger partial charge in [-0.1, -0.05) is 12.8 Å². The highest BCUT2D eigenvalue weighted by molar-refractivity contribution is 7.89. The number of anilines is 2. The van der Waals surface area contributed by atoms with Crippen LogP contribution in [-0.4, -0.2) is 30.0 Å². The number of fused-ring (bicyclic) bond motifs is 1. The molecule has 8 nitrogen and oxygen atoms in total. The number of aromatic nitrogens is 3. The van der Waals surface area contributed by atoms with Crippen molar-refractivity contribution in [1.29, 1.82) is 0 Å². The molecule has 0 radical (unpaired) electrons. The molecule has 2 N–H and O–H groups in total. The summed E-state index contributed by atoms with van der Waals surface area (Å²) in [5.74, 6) is 0.181. The zero-order valence-electron chi connectivity index (χ0n) is 17.6. The molecule has 0 aliphatic heterocycles. The van der Waals surface area contributed by atoms with E-state index in [4.69, 9.17) is 0 Å². The number of nitrogens with one attached hydrogen (secondary N) is 2. The fourth-order valence-electron chi connectivity index (χ4n) is 4.04. The van der Waals surface area contributed by atoms with Gasteiger partial charge in [0, 0.05) is 23.3 Å². The Kier molecular flexibility index (Phi) is 5.95. The number of hydrogen-bond donors (Lipinski definition) is 2. The third-order valence-corrected chi connectivity index (χ3v) is 7.16. The first-order chi connectivity index (χ1) is 15.2. The van der Waals surface area contributed by atoms with Crippen LogP contribution in [0.1, 0.15) is 49.3 Å². The van der Waals surface area contributed by atoms with Crippen molar-refractivity contribution in [1.82, 2.24) is 19.3 Å². The second-order valence-corrected chi connectivity index (χ2v) is 9.68. The minimum absolute atomic E-state index is 0.122. The lowest BCUT2D eigenvalue weighted by Gasteiger charge is -2.18. The second-order valence-electron chi connectivity index (χ2n) is 7.80. The summed E-state index contributed by atoms with van der Waals surface area (Å²) in [6.45, 7) is 1.74. The van der Waals surface area contributed by atoms with Gasteiger partial charge in [0.25, 0.3) is 12.0 Å². The van der Waals surface area contributed by atoms with E-state index in [0.717, 1.165) is 31.7 Å². The molecule has 32 heavy (non-hydrogen) atoms. The van der Waals surface area contributed by atoms with Gasteiger partial charge in [-0.3, -0.25) is 9.36 Å². The third kappa shape index (κ3) is 4.09. The van der Waals surface area contributed by atoms with Crippen LogP contribution in [0.2, 0.25) is 0 Å². The first kappa shape index (κ1) is 22.3. The molecule has 3 aromatic rings. The first-order valence-electron chi connectivity index (χ1n) is 10.2. The summed E-state index contributed by atoms with van der Waals surface area (Å²) in [6.07, 6.45) is 1.84. The summed E-state index contributed by atoms with van der Waals surface area (Å²) in [5, 5.41) is 3.40. The topological polar surface area (TPSA) is 106 Å². The minimum atomic E-state index is -3.58. The first-order valence-corrected chi connectivity index (χ1v) is 11.7. The van der Waals surface area contributed by atoms with E-state index < -0.39 is 27.6 Å². The Hall–Kier alpha value is -2.92. The van der Waals surface area contributed by atoms with E-state index in [9.17, 15) is 22.0 Å². The molecule has 170 valence electrons. The molecular formula is C21H23F2N5O3S. The van der Waals surface area contributed by atoms with Gasteiger partial charge < -0.3 is 5.32 Å². The largest absolute Gasteiger partial charge is 0.324 e. The van der Waals surface area contributed by atoms with Gasteiger partial charge in [-0.15, -0.1) is 0 Å². The molecule has 11 heteroatoms. The lowest BCUT2D eigenvalue weighted by Crippen LogP contribution is -2.28. The fourth-order valence-corrected chi connectivity index (χ4v) is 4.86. The fraction of sp³-hybridized carbons (Fsp3) is 0.381. The van der Waals surface area contributed by atoms with E-state index in [0.29, 0.717) is 22.3 Å². The van der Waals surface area contributed by atoms with Crippen molar-refractivity contribution in [3.8, 4) is 0 Å². The van der Waals surface area contributed by atoms with Crippen molar-refractivity contribution in [3.63, 3.8) is 0 Å². The molecule has 0 unspecified atom stereocenters. The molecule has 0 atom stereocenters. The van der Waals surface area contributed by atoms with Crippen LogP contribution in [-0.2, 0) is 10.0 Å². The summed E-state index contributed by atoms with van der Waals surface area (Å²) in [7, 11) is -2.24. The summed E-state index contributed by atoms with van der Waals surface area (Å²) >= 11 is 0. The maximum atomic E-state index is 13.5. The monoisotopic (exact) mass is 463 g/mol. The minimum Gasteiger partial charge on any atom is -0.324 e. The Bertz CT molecular complexity index is 1340. The molecule has 0 spiro atoms. The van der Waals surface area contributed by atoms with Crippen LogP contribution in [0.3, 0.4) is 0 Å². The molecule has 1 aromatic carbocycles. The van der Waals surface area contributed by atoms with Gasteiger partial charge in [-0.25, -0.2) is 26.9 Å². The highest BCUT2D eigenvalue weighted by atomic mass is 32.2. The van der Waals surface area contributed by atoms with Gasteiger partial charge in [0.05, 0.1) is 10.5 Å². The maximum absolute atomic E-state index is 13.5. The zero-order chi connectivity index (χ0) is 23.0. The van der Waals surface area contributed by atoms with Crippen LogP contribution >= 0.6 is 0 Å².